The van der Waals surface area contributed by atoms with Crippen LogP contribution < -0.4 is 4.74 Å². The number of fused-ring (bicyclic) bond motifs is 1. The number of nitriles is 1. The van der Waals surface area contributed by atoms with E-state index in [1.807, 2.05) is 26.0 Å². The van der Waals surface area contributed by atoms with E-state index in [4.69, 9.17) is 4.74 Å². The summed E-state index contributed by atoms with van der Waals surface area (Å²) in [5.74, 6) is 0.766. The molecule has 1 heterocycles. The minimum atomic E-state index is 0.0633. The first-order valence-electron chi connectivity index (χ1n) is 8.24. The largest absolute Gasteiger partial charge is 0.489 e. The lowest BCUT2D eigenvalue weighted by Gasteiger charge is -2.14. The highest BCUT2D eigenvalue weighted by atomic mass is 79.9. The van der Waals surface area contributed by atoms with Gasteiger partial charge < -0.3 is 4.74 Å². The minimum Gasteiger partial charge on any atom is -0.489 e. The Labute approximate surface area is 169 Å². The summed E-state index contributed by atoms with van der Waals surface area (Å²) in [5.41, 5.74) is 2.83. The monoisotopic (exact) mass is 480 g/mol. The molecule has 0 unspecified atom stereocenters. The summed E-state index contributed by atoms with van der Waals surface area (Å²) < 4.78 is 7.76. The van der Waals surface area contributed by atoms with E-state index in [1.165, 1.54) is 16.9 Å². The lowest BCUT2D eigenvalue weighted by atomic mass is 9.96. The van der Waals surface area contributed by atoms with Gasteiger partial charge in [0.2, 0.25) is 0 Å². The van der Waals surface area contributed by atoms with Gasteiger partial charge in [0, 0.05) is 21.1 Å². The van der Waals surface area contributed by atoms with Gasteiger partial charge in [0.1, 0.15) is 16.8 Å². The van der Waals surface area contributed by atoms with E-state index in [0.717, 1.165) is 50.1 Å². The van der Waals surface area contributed by atoms with Crippen molar-refractivity contribution in [1.82, 2.24) is 0 Å². The van der Waals surface area contributed by atoms with Crippen molar-refractivity contribution in [2.45, 2.75) is 45.6 Å². The molecule has 1 aromatic carbocycles. The van der Waals surface area contributed by atoms with Gasteiger partial charge in [0.25, 0.3) is 0 Å². The SMILES string of the molecule is CC(C)Oc1c(Br)cc(Br)cc1C=Nc1sc2c(c1C#N)CCCC2. The molecule has 0 bridgehead atoms. The lowest BCUT2D eigenvalue weighted by molar-refractivity contribution is 0.240. The predicted octanol–water partition coefficient (Wildman–Crippen LogP) is 6.56. The first-order valence-corrected chi connectivity index (χ1v) is 10.6. The Morgan fingerprint density at radius 2 is 2.04 bits per heavy atom. The zero-order chi connectivity index (χ0) is 18.0. The summed E-state index contributed by atoms with van der Waals surface area (Å²) in [7, 11) is 0. The van der Waals surface area contributed by atoms with E-state index in [2.05, 4.69) is 42.9 Å². The number of nitrogens with zero attached hydrogens (tertiary/aromatic N) is 2. The predicted molar refractivity (Wildman–Crippen MR) is 111 cm³/mol. The first-order chi connectivity index (χ1) is 12.0. The quantitative estimate of drug-likeness (QED) is 0.464. The van der Waals surface area contributed by atoms with Gasteiger partial charge in [0.15, 0.2) is 0 Å². The summed E-state index contributed by atoms with van der Waals surface area (Å²) in [6.07, 6.45) is 6.28. The number of rotatable bonds is 4. The number of aliphatic imine (C=N–C) groups is 1. The maximum Gasteiger partial charge on any atom is 0.142 e. The van der Waals surface area contributed by atoms with Crippen LogP contribution in [0, 0.1) is 11.3 Å². The van der Waals surface area contributed by atoms with E-state index in [9.17, 15) is 5.26 Å². The molecule has 0 spiro atoms. The summed E-state index contributed by atoms with van der Waals surface area (Å²) in [5, 5.41) is 10.4. The Hall–Kier alpha value is -1.16. The van der Waals surface area contributed by atoms with Crippen LogP contribution in [0.5, 0.6) is 5.75 Å². The van der Waals surface area contributed by atoms with Crippen LogP contribution >= 0.6 is 43.2 Å². The number of benzene rings is 1. The van der Waals surface area contributed by atoms with Gasteiger partial charge in [-0.15, -0.1) is 11.3 Å². The van der Waals surface area contributed by atoms with Gasteiger partial charge in [-0.25, -0.2) is 4.99 Å². The van der Waals surface area contributed by atoms with Crippen LogP contribution in [0.2, 0.25) is 0 Å². The molecule has 1 aromatic heterocycles. The number of hydrogen-bond acceptors (Lipinski definition) is 4. The Balaban J connectivity index is 2.00. The number of thiophene rings is 1. The summed E-state index contributed by atoms with van der Waals surface area (Å²) in [6, 6.07) is 6.29. The molecule has 3 nitrogen and oxygen atoms in total. The average Bonchev–Trinajstić information content (AvgIpc) is 2.92. The van der Waals surface area contributed by atoms with Crippen molar-refractivity contribution in [3.8, 4) is 11.8 Å². The second kappa shape index (κ2) is 8.03. The van der Waals surface area contributed by atoms with Crippen LogP contribution in [0.4, 0.5) is 5.00 Å². The van der Waals surface area contributed by atoms with Crippen molar-refractivity contribution in [3.05, 3.63) is 42.6 Å². The highest BCUT2D eigenvalue weighted by Crippen LogP contribution is 2.40. The molecule has 1 aliphatic carbocycles. The average molecular weight is 482 g/mol. The fraction of sp³-hybridized carbons (Fsp3) is 0.368. The van der Waals surface area contributed by atoms with E-state index >= 15 is 0 Å². The fourth-order valence-electron chi connectivity index (χ4n) is 2.92. The molecule has 0 N–H and O–H groups in total. The van der Waals surface area contributed by atoms with Crippen LogP contribution in [-0.4, -0.2) is 12.3 Å². The molecule has 0 fully saturated rings. The smallest absolute Gasteiger partial charge is 0.142 e. The zero-order valence-electron chi connectivity index (χ0n) is 14.1. The van der Waals surface area contributed by atoms with Gasteiger partial charge in [-0.2, -0.15) is 5.26 Å². The molecule has 0 amide bonds. The highest BCUT2D eigenvalue weighted by molar-refractivity contribution is 9.11. The zero-order valence-corrected chi connectivity index (χ0v) is 18.1. The van der Waals surface area contributed by atoms with E-state index in [0.29, 0.717) is 0 Å². The fourth-order valence-corrected chi connectivity index (χ4v) is 5.46. The molecule has 3 rings (SSSR count). The van der Waals surface area contributed by atoms with Gasteiger partial charge in [-0.05, 0) is 73.2 Å². The third kappa shape index (κ3) is 4.16. The van der Waals surface area contributed by atoms with E-state index < -0.39 is 0 Å². The van der Waals surface area contributed by atoms with Gasteiger partial charge in [-0.3, -0.25) is 0 Å². The minimum absolute atomic E-state index is 0.0633. The number of aryl methyl sites for hydroxylation is 1. The summed E-state index contributed by atoms with van der Waals surface area (Å²) in [4.78, 5) is 5.97. The molecule has 25 heavy (non-hydrogen) atoms. The number of hydrogen-bond donors (Lipinski definition) is 0. The number of ether oxygens (including phenoxy) is 1. The Morgan fingerprint density at radius 1 is 1.28 bits per heavy atom. The summed E-state index contributed by atoms with van der Waals surface area (Å²) in [6.45, 7) is 3.99. The Kier molecular flexibility index (Phi) is 5.98. The first kappa shape index (κ1) is 18.6. The highest BCUT2D eigenvalue weighted by Gasteiger charge is 2.20. The normalized spacial score (nSPS) is 13.9. The molecule has 0 radical (unpaired) electrons. The van der Waals surface area contributed by atoms with Crippen LogP contribution in [0.1, 0.15) is 48.3 Å². The summed E-state index contributed by atoms with van der Waals surface area (Å²) >= 11 is 8.73. The maximum absolute atomic E-state index is 9.57. The molecule has 0 saturated heterocycles. The standard InChI is InChI=1S/C19H18Br2N2OS/c1-11(2)24-18-12(7-13(20)8-16(18)21)10-23-19-15(9-22)14-5-3-4-6-17(14)25-19/h7-8,10-11H,3-6H2,1-2H3. The van der Waals surface area contributed by atoms with Crippen LogP contribution in [-0.2, 0) is 12.8 Å². The molecule has 130 valence electrons. The van der Waals surface area contributed by atoms with Gasteiger partial charge in [-0.1, -0.05) is 15.9 Å². The second-order valence-electron chi connectivity index (χ2n) is 6.23. The van der Waals surface area contributed by atoms with E-state index in [1.54, 1.807) is 17.6 Å². The molecule has 0 saturated carbocycles. The molecular formula is C19H18Br2N2OS. The molecular weight excluding hydrogens is 464 g/mol. The molecule has 0 atom stereocenters. The molecule has 6 heteroatoms. The third-order valence-corrected chi connectivity index (χ3v) is 6.22. The van der Waals surface area contributed by atoms with Crippen LogP contribution in [0.25, 0.3) is 0 Å². The maximum atomic E-state index is 9.57. The van der Waals surface area contributed by atoms with Crippen molar-refractivity contribution in [1.29, 1.82) is 5.26 Å². The molecule has 1 aliphatic rings. The van der Waals surface area contributed by atoms with Crippen molar-refractivity contribution in [2.24, 2.45) is 4.99 Å². The Morgan fingerprint density at radius 3 is 2.76 bits per heavy atom. The topological polar surface area (TPSA) is 45.4 Å². The van der Waals surface area contributed by atoms with Crippen molar-refractivity contribution in [2.75, 3.05) is 0 Å². The number of halogens is 2. The van der Waals surface area contributed by atoms with E-state index in [-0.39, 0.29) is 6.10 Å². The Bertz CT molecular complexity index is 865. The van der Waals surface area contributed by atoms with Crippen LogP contribution in [0.3, 0.4) is 0 Å². The molecule has 2 aromatic rings. The second-order valence-corrected chi connectivity index (χ2v) is 9.09. The van der Waals surface area contributed by atoms with Crippen molar-refractivity contribution < 1.29 is 4.74 Å². The van der Waals surface area contributed by atoms with Crippen LogP contribution in [0.15, 0.2) is 26.1 Å². The van der Waals surface area contributed by atoms with Crippen molar-refractivity contribution in [3.63, 3.8) is 0 Å². The lowest BCUT2D eigenvalue weighted by Crippen LogP contribution is -2.08. The molecule has 0 aliphatic heterocycles. The van der Waals surface area contributed by atoms with Gasteiger partial charge in [0.05, 0.1) is 16.1 Å². The van der Waals surface area contributed by atoms with Gasteiger partial charge >= 0.3 is 0 Å². The third-order valence-electron chi connectivity index (χ3n) is 3.98. The van der Waals surface area contributed by atoms with Crippen molar-refractivity contribution >= 4 is 54.4 Å².